The molecule has 0 amide bonds. The number of fused-ring (bicyclic) bond motifs is 1. The first-order valence-corrected chi connectivity index (χ1v) is 6.96. The van der Waals surface area contributed by atoms with Crippen LogP contribution in [0.25, 0.3) is 0 Å². The van der Waals surface area contributed by atoms with Crippen LogP contribution in [0.1, 0.15) is 44.7 Å². The molecule has 0 radical (unpaired) electrons. The van der Waals surface area contributed by atoms with E-state index in [1.165, 1.54) is 0 Å². The summed E-state index contributed by atoms with van der Waals surface area (Å²) in [7, 11) is 0. The summed E-state index contributed by atoms with van der Waals surface area (Å²) in [5.74, 6) is 0.654. The number of hydrogen-bond donors (Lipinski definition) is 1. The van der Waals surface area contributed by atoms with Gasteiger partial charge in [-0.2, -0.15) is 0 Å². The predicted molar refractivity (Wildman–Crippen MR) is 76.8 cm³/mol. The molecule has 1 aromatic rings. The van der Waals surface area contributed by atoms with E-state index in [-0.39, 0.29) is 12.7 Å². The zero-order valence-electron chi connectivity index (χ0n) is 12.1. The summed E-state index contributed by atoms with van der Waals surface area (Å²) >= 11 is 6.34. The summed E-state index contributed by atoms with van der Waals surface area (Å²) < 4.78 is 10.9. The third kappa shape index (κ3) is 2.57. The molecule has 1 aromatic carbocycles. The average molecular weight is 299 g/mol. The second kappa shape index (κ2) is 5.17. The molecule has 0 aromatic heterocycles. The van der Waals surface area contributed by atoms with Gasteiger partial charge in [0, 0.05) is 16.7 Å². The summed E-state index contributed by atoms with van der Waals surface area (Å²) in [5.41, 5.74) is 0.888. The number of carbonyl (C=O) groups is 1. The number of ether oxygens (including phenoxy) is 2. The van der Waals surface area contributed by atoms with Crippen molar-refractivity contribution in [3.63, 3.8) is 0 Å². The first-order chi connectivity index (χ1) is 9.24. The maximum atomic E-state index is 11.4. The molecule has 0 bridgehead atoms. The maximum absolute atomic E-state index is 11.4. The lowest BCUT2D eigenvalue weighted by Crippen LogP contribution is -2.27. The molecule has 0 unspecified atom stereocenters. The monoisotopic (exact) mass is 298 g/mol. The van der Waals surface area contributed by atoms with E-state index in [1.807, 2.05) is 13.8 Å². The van der Waals surface area contributed by atoms with Crippen molar-refractivity contribution in [3.05, 3.63) is 22.2 Å². The molecule has 0 saturated carbocycles. The van der Waals surface area contributed by atoms with Gasteiger partial charge in [0.05, 0.1) is 5.41 Å². The van der Waals surface area contributed by atoms with Crippen molar-refractivity contribution in [3.8, 4) is 11.5 Å². The van der Waals surface area contributed by atoms with E-state index < -0.39 is 11.4 Å². The molecule has 1 aliphatic heterocycles. The van der Waals surface area contributed by atoms with E-state index in [9.17, 15) is 9.90 Å². The van der Waals surface area contributed by atoms with Crippen LogP contribution < -0.4 is 9.47 Å². The van der Waals surface area contributed by atoms with Crippen molar-refractivity contribution in [2.24, 2.45) is 5.41 Å². The fourth-order valence-electron chi connectivity index (χ4n) is 2.38. The topological polar surface area (TPSA) is 55.8 Å². The van der Waals surface area contributed by atoms with Crippen LogP contribution in [0.2, 0.25) is 5.02 Å². The minimum absolute atomic E-state index is 0.170. The van der Waals surface area contributed by atoms with Crippen molar-refractivity contribution < 1.29 is 19.4 Å². The van der Waals surface area contributed by atoms with Crippen LogP contribution in [-0.2, 0) is 11.2 Å². The molecule has 5 heteroatoms. The molecule has 0 saturated heterocycles. The molecule has 20 heavy (non-hydrogen) atoms. The van der Waals surface area contributed by atoms with Gasteiger partial charge < -0.3 is 14.6 Å². The molecule has 1 heterocycles. The second-order valence-electron chi connectivity index (χ2n) is 6.00. The second-order valence-corrected chi connectivity index (χ2v) is 6.41. The van der Waals surface area contributed by atoms with Crippen LogP contribution in [-0.4, -0.2) is 17.9 Å². The first-order valence-electron chi connectivity index (χ1n) is 6.58. The van der Waals surface area contributed by atoms with Crippen molar-refractivity contribution in [1.29, 1.82) is 0 Å². The average Bonchev–Trinajstić information content (AvgIpc) is 2.76. The van der Waals surface area contributed by atoms with Gasteiger partial charge in [0.2, 0.25) is 6.79 Å². The first kappa shape index (κ1) is 15.0. The van der Waals surface area contributed by atoms with Gasteiger partial charge in [-0.1, -0.05) is 25.4 Å². The highest BCUT2D eigenvalue weighted by atomic mass is 35.5. The van der Waals surface area contributed by atoms with Crippen LogP contribution in [0.15, 0.2) is 6.07 Å². The molecule has 2 rings (SSSR count). The van der Waals surface area contributed by atoms with E-state index in [1.54, 1.807) is 19.9 Å². The molecule has 110 valence electrons. The zero-order chi connectivity index (χ0) is 15.1. The van der Waals surface area contributed by atoms with E-state index >= 15 is 0 Å². The van der Waals surface area contributed by atoms with Crippen LogP contribution in [0.3, 0.4) is 0 Å². The Morgan fingerprint density at radius 3 is 2.65 bits per heavy atom. The van der Waals surface area contributed by atoms with Crippen molar-refractivity contribution in [1.82, 2.24) is 0 Å². The molecule has 4 nitrogen and oxygen atoms in total. The van der Waals surface area contributed by atoms with Gasteiger partial charge in [0.25, 0.3) is 0 Å². The SMILES string of the molecule is CC(C)c1c(CC(C)(C)C(=O)O)c(Cl)cc2c1OCO2. The standard InChI is InChI=1S/C15H19ClO4/c1-8(2)12-9(6-15(3,4)14(17)18)10(16)5-11-13(12)20-7-19-11/h5,8H,6-7H2,1-4H3,(H,17,18). The number of hydrogen-bond acceptors (Lipinski definition) is 3. The van der Waals surface area contributed by atoms with Crippen molar-refractivity contribution in [2.45, 2.75) is 40.0 Å². The number of rotatable bonds is 4. The summed E-state index contributed by atoms with van der Waals surface area (Å²) in [6.07, 6.45) is 0.352. The van der Waals surface area contributed by atoms with Crippen LogP contribution >= 0.6 is 11.6 Å². The Balaban J connectivity index is 2.55. The highest BCUT2D eigenvalue weighted by Gasteiger charge is 2.33. The summed E-state index contributed by atoms with van der Waals surface area (Å²) in [6, 6.07) is 1.71. The van der Waals surface area contributed by atoms with E-state index in [0.29, 0.717) is 22.9 Å². The van der Waals surface area contributed by atoms with Gasteiger partial charge in [-0.15, -0.1) is 0 Å². The van der Waals surface area contributed by atoms with Crippen LogP contribution in [0, 0.1) is 5.41 Å². The molecule has 0 atom stereocenters. The molecule has 1 aliphatic rings. The Bertz CT molecular complexity index is 549. The fraction of sp³-hybridized carbons (Fsp3) is 0.533. The van der Waals surface area contributed by atoms with Gasteiger partial charge in [0.15, 0.2) is 11.5 Å². The summed E-state index contributed by atoms with van der Waals surface area (Å²) in [5, 5.41) is 9.85. The normalized spacial score (nSPS) is 13.9. The van der Waals surface area contributed by atoms with Crippen LogP contribution in [0.4, 0.5) is 0 Å². The molecular weight excluding hydrogens is 280 g/mol. The van der Waals surface area contributed by atoms with Crippen molar-refractivity contribution >= 4 is 17.6 Å². The fourth-order valence-corrected chi connectivity index (χ4v) is 2.65. The Morgan fingerprint density at radius 2 is 2.10 bits per heavy atom. The Labute approximate surface area is 123 Å². The van der Waals surface area contributed by atoms with Gasteiger partial charge >= 0.3 is 5.97 Å². The van der Waals surface area contributed by atoms with Crippen molar-refractivity contribution in [2.75, 3.05) is 6.79 Å². The molecule has 0 aliphatic carbocycles. The Morgan fingerprint density at radius 1 is 1.45 bits per heavy atom. The number of halogens is 1. The van der Waals surface area contributed by atoms with E-state index in [2.05, 4.69) is 0 Å². The number of carboxylic acid groups (broad SMARTS) is 1. The van der Waals surface area contributed by atoms with Gasteiger partial charge in [0.1, 0.15) is 0 Å². The predicted octanol–water partition coefficient (Wildman–Crippen LogP) is 3.85. The smallest absolute Gasteiger partial charge is 0.309 e. The Kier molecular flexibility index (Phi) is 3.87. The minimum Gasteiger partial charge on any atom is -0.481 e. The zero-order valence-corrected chi connectivity index (χ0v) is 12.9. The number of benzene rings is 1. The van der Waals surface area contributed by atoms with Gasteiger partial charge in [-0.05, 0) is 31.7 Å². The van der Waals surface area contributed by atoms with E-state index in [4.69, 9.17) is 21.1 Å². The van der Waals surface area contributed by atoms with E-state index in [0.717, 1.165) is 11.1 Å². The number of carboxylic acids is 1. The maximum Gasteiger partial charge on any atom is 0.309 e. The summed E-state index contributed by atoms with van der Waals surface area (Å²) in [6.45, 7) is 7.63. The lowest BCUT2D eigenvalue weighted by Gasteiger charge is -2.24. The molecule has 0 spiro atoms. The third-order valence-electron chi connectivity index (χ3n) is 3.53. The lowest BCUT2D eigenvalue weighted by molar-refractivity contribution is -0.146. The van der Waals surface area contributed by atoms with Gasteiger partial charge in [-0.25, -0.2) is 0 Å². The number of aliphatic carboxylic acids is 1. The largest absolute Gasteiger partial charge is 0.481 e. The lowest BCUT2D eigenvalue weighted by atomic mass is 9.82. The highest BCUT2D eigenvalue weighted by molar-refractivity contribution is 6.31. The van der Waals surface area contributed by atoms with Gasteiger partial charge in [-0.3, -0.25) is 4.79 Å². The third-order valence-corrected chi connectivity index (χ3v) is 3.87. The minimum atomic E-state index is -0.888. The summed E-state index contributed by atoms with van der Waals surface area (Å²) in [4.78, 5) is 11.4. The van der Waals surface area contributed by atoms with Crippen LogP contribution in [0.5, 0.6) is 11.5 Å². The molecular formula is C15H19ClO4. The molecule has 0 fully saturated rings. The quantitative estimate of drug-likeness (QED) is 0.917. The molecule has 1 N–H and O–H groups in total. The highest BCUT2D eigenvalue weighted by Crippen LogP contribution is 2.46. The Hall–Kier alpha value is -1.42.